The molecule has 1 atom stereocenters. The summed E-state index contributed by atoms with van der Waals surface area (Å²) in [4.78, 5) is 13.9. The van der Waals surface area contributed by atoms with Crippen LogP contribution in [-0.4, -0.2) is 20.7 Å². The summed E-state index contributed by atoms with van der Waals surface area (Å²) in [5.41, 5.74) is 0. The highest BCUT2D eigenvalue weighted by Crippen LogP contribution is 1.95. The average molecular weight is 154 g/mol. The van der Waals surface area contributed by atoms with Gasteiger partial charge in [-0.05, 0) is 0 Å². The Balaban J connectivity index is 2.50. The van der Waals surface area contributed by atoms with E-state index in [4.69, 9.17) is 0 Å². The highest BCUT2D eigenvalue weighted by Gasteiger charge is 2.02. The zero-order chi connectivity index (χ0) is 8.27. The molecule has 0 spiro atoms. The Morgan fingerprint density at radius 2 is 2.55 bits per heavy atom. The minimum absolute atomic E-state index is 0.308. The molecule has 1 rings (SSSR count). The van der Waals surface area contributed by atoms with Gasteiger partial charge in [0, 0.05) is 11.9 Å². The summed E-state index contributed by atoms with van der Waals surface area (Å²) in [5.74, 6) is -1.60. The van der Waals surface area contributed by atoms with Gasteiger partial charge in [0.25, 0.3) is 0 Å². The summed E-state index contributed by atoms with van der Waals surface area (Å²) in [6.07, 6.45) is 2.83. The largest absolute Gasteiger partial charge is 0.550 e. The van der Waals surface area contributed by atoms with E-state index in [-0.39, 0.29) is 0 Å². The lowest BCUT2D eigenvalue weighted by Gasteiger charge is -2.10. The molecule has 1 aromatic heterocycles. The molecule has 0 radical (unpaired) electrons. The van der Waals surface area contributed by atoms with Gasteiger partial charge in [-0.1, -0.05) is 6.92 Å². The SMILES string of the molecule is C[C@H](Cn1cncn1)C(=O)[O-]. The Bertz CT molecular complexity index is 232. The van der Waals surface area contributed by atoms with Crippen molar-refractivity contribution < 1.29 is 9.90 Å². The second-order valence-corrected chi connectivity index (χ2v) is 2.34. The topological polar surface area (TPSA) is 70.8 Å². The third-order valence-corrected chi connectivity index (χ3v) is 1.33. The molecule has 0 aliphatic carbocycles. The first-order valence-corrected chi connectivity index (χ1v) is 3.23. The lowest BCUT2D eigenvalue weighted by Crippen LogP contribution is -2.32. The number of hydrogen-bond donors (Lipinski definition) is 0. The predicted octanol–water partition coefficient (Wildman–Crippen LogP) is -1.34. The van der Waals surface area contributed by atoms with E-state index in [9.17, 15) is 9.90 Å². The van der Waals surface area contributed by atoms with Crippen molar-refractivity contribution in [3.05, 3.63) is 12.7 Å². The van der Waals surface area contributed by atoms with Crippen molar-refractivity contribution in [1.29, 1.82) is 0 Å². The van der Waals surface area contributed by atoms with Gasteiger partial charge in [0.05, 0.1) is 6.54 Å². The number of carbonyl (C=O) groups is 1. The standard InChI is InChI=1S/C6H9N3O2/c1-5(6(10)11)2-9-4-7-3-8-9/h3-5H,2H2,1H3,(H,10,11)/p-1/t5-/m1/s1. The Kier molecular flexibility index (Phi) is 2.20. The molecule has 0 aliphatic rings. The minimum Gasteiger partial charge on any atom is -0.550 e. The fourth-order valence-corrected chi connectivity index (χ4v) is 0.682. The molecule has 11 heavy (non-hydrogen) atoms. The molecule has 0 unspecified atom stereocenters. The van der Waals surface area contributed by atoms with E-state index in [0.717, 1.165) is 0 Å². The minimum atomic E-state index is -1.07. The highest BCUT2D eigenvalue weighted by atomic mass is 16.4. The van der Waals surface area contributed by atoms with Gasteiger partial charge < -0.3 is 9.90 Å². The van der Waals surface area contributed by atoms with E-state index in [0.29, 0.717) is 6.54 Å². The second-order valence-electron chi connectivity index (χ2n) is 2.34. The van der Waals surface area contributed by atoms with Crippen LogP contribution in [0.15, 0.2) is 12.7 Å². The van der Waals surface area contributed by atoms with Crippen molar-refractivity contribution in [2.24, 2.45) is 5.92 Å². The summed E-state index contributed by atoms with van der Waals surface area (Å²) < 4.78 is 1.46. The zero-order valence-electron chi connectivity index (χ0n) is 6.10. The molecule has 0 aliphatic heterocycles. The van der Waals surface area contributed by atoms with E-state index >= 15 is 0 Å². The van der Waals surface area contributed by atoms with Crippen molar-refractivity contribution in [2.75, 3.05) is 0 Å². The molecule has 1 heterocycles. The number of carboxylic acid groups (broad SMARTS) is 1. The Labute approximate surface area is 63.7 Å². The quantitative estimate of drug-likeness (QED) is 0.540. The zero-order valence-corrected chi connectivity index (χ0v) is 6.10. The van der Waals surface area contributed by atoms with E-state index in [1.807, 2.05) is 0 Å². The molecule has 5 nitrogen and oxygen atoms in total. The number of aliphatic carboxylic acids is 1. The molecule has 0 aromatic carbocycles. The number of carbonyl (C=O) groups excluding carboxylic acids is 1. The third-order valence-electron chi connectivity index (χ3n) is 1.33. The van der Waals surface area contributed by atoms with Crippen LogP contribution in [0.25, 0.3) is 0 Å². The summed E-state index contributed by atoms with van der Waals surface area (Å²) in [7, 11) is 0. The van der Waals surface area contributed by atoms with Crippen LogP contribution in [0.5, 0.6) is 0 Å². The highest BCUT2D eigenvalue weighted by molar-refractivity contribution is 5.66. The molecule has 5 heteroatoms. The van der Waals surface area contributed by atoms with Crippen LogP contribution >= 0.6 is 0 Å². The van der Waals surface area contributed by atoms with Crippen molar-refractivity contribution in [3.63, 3.8) is 0 Å². The number of carboxylic acids is 1. The first kappa shape index (κ1) is 7.71. The van der Waals surface area contributed by atoms with Gasteiger partial charge in [0.15, 0.2) is 0 Å². The van der Waals surface area contributed by atoms with E-state index in [2.05, 4.69) is 10.1 Å². The smallest absolute Gasteiger partial charge is 0.137 e. The molecule has 0 saturated carbocycles. The van der Waals surface area contributed by atoms with Crippen LogP contribution in [0.3, 0.4) is 0 Å². The number of nitrogens with zero attached hydrogens (tertiary/aromatic N) is 3. The Hall–Kier alpha value is -1.39. The fraction of sp³-hybridized carbons (Fsp3) is 0.500. The molecule has 0 fully saturated rings. The Morgan fingerprint density at radius 3 is 3.00 bits per heavy atom. The van der Waals surface area contributed by atoms with Crippen LogP contribution in [-0.2, 0) is 11.3 Å². The van der Waals surface area contributed by atoms with Crippen LogP contribution in [0.4, 0.5) is 0 Å². The van der Waals surface area contributed by atoms with E-state index < -0.39 is 11.9 Å². The maximum Gasteiger partial charge on any atom is 0.137 e. The van der Waals surface area contributed by atoms with Crippen molar-refractivity contribution in [2.45, 2.75) is 13.5 Å². The van der Waals surface area contributed by atoms with Crippen molar-refractivity contribution in [1.82, 2.24) is 14.8 Å². The van der Waals surface area contributed by atoms with Crippen molar-refractivity contribution >= 4 is 5.97 Å². The van der Waals surface area contributed by atoms with Crippen LogP contribution < -0.4 is 5.11 Å². The molecule has 0 bridgehead atoms. The Morgan fingerprint density at radius 1 is 1.82 bits per heavy atom. The van der Waals surface area contributed by atoms with Gasteiger partial charge in [-0.25, -0.2) is 4.98 Å². The monoisotopic (exact) mass is 154 g/mol. The van der Waals surface area contributed by atoms with Crippen LogP contribution in [0, 0.1) is 5.92 Å². The normalized spacial score (nSPS) is 12.8. The van der Waals surface area contributed by atoms with Gasteiger partial charge >= 0.3 is 0 Å². The van der Waals surface area contributed by atoms with Crippen LogP contribution in [0.2, 0.25) is 0 Å². The molecule has 1 aromatic rings. The maximum absolute atomic E-state index is 10.3. The van der Waals surface area contributed by atoms with E-state index in [1.165, 1.54) is 17.3 Å². The first-order valence-electron chi connectivity index (χ1n) is 3.23. The second kappa shape index (κ2) is 3.14. The summed E-state index contributed by atoms with van der Waals surface area (Å²) in [6, 6.07) is 0. The molecule has 0 N–H and O–H groups in total. The lowest BCUT2D eigenvalue weighted by atomic mass is 10.2. The van der Waals surface area contributed by atoms with Crippen LogP contribution in [0.1, 0.15) is 6.92 Å². The summed E-state index contributed by atoms with van der Waals surface area (Å²) in [5, 5.41) is 14.0. The number of hydrogen-bond acceptors (Lipinski definition) is 4. The maximum atomic E-state index is 10.3. The molecular weight excluding hydrogens is 146 g/mol. The van der Waals surface area contributed by atoms with Gasteiger partial charge in [-0.15, -0.1) is 0 Å². The molecular formula is C6H8N3O2-. The van der Waals surface area contributed by atoms with E-state index in [1.54, 1.807) is 6.92 Å². The van der Waals surface area contributed by atoms with Gasteiger partial charge in [0.1, 0.15) is 12.7 Å². The molecule has 60 valence electrons. The molecule has 0 amide bonds. The average Bonchev–Trinajstić information content (AvgIpc) is 2.39. The van der Waals surface area contributed by atoms with Crippen molar-refractivity contribution in [3.8, 4) is 0 Å². The van der Waals surface area contributed by atoms with Gasteiger partial charge in [-0.3, -0.25) is 4.68 Å². The van der Waals surface area contributed by atoms with Gasteiger partial charge in [-0.2, -0.15) is 5.10 Å². The molecule has 0 saturated heterocycles. The predicted molar refractivity (Wildman–Crippen MR) is 34.2 cm³/mol. The summed E-state index contributed by atoms with van der Waals surface area (Å²) in [6.45, 7) is 1.87. The fourth-order valence-electron chi connectivity index (χ4n) is 0.682. The summed E-state index contributed by atoms with van der Waals surface area (Å²) >= 11 is 0. The first-order chi connectivity index (χ1) is 5.20. The number of aromatic nitrogens is 3. The van der Waals surface area contributed by atoms with Gasteiger partial charge in [0.2, 0.25) is 0 Å². The number of rotatable bonds is 3. The third kappa shape index (κ3) is 2.03. The lowest BCUT2D eigenvalue weighted by molar-refractivity contribution is -0.311.